The molecule has 8 aromatic rings. The molecule has 0 N–H and O–H groups in total. The second-order valence-electron chi connectivity index (χ2n) is 10.7. The number of fused-ring (bicyclic) bond motifs is 4. The van der Waals surface area contributed by atoms with Gasteiger partial charge in [-0.3, -0.25) is 4.98 Å². The second kappa shape index (κ2) is 9.70. The molecule has 0 saturated heterocycles. The first-order valence-corrected chi connectivity index (χ1v) is 14.1. The minimum absolute atomic E-state index is 0.564. The molecule has 194 valence electrons. The van der Waals surface area contributed by atoms with Crippen molar-refractivity contribution in [2.75, 3.05) is 0 Å². The van der Waals surface area contributed by atoms with E-state index in [4.69, 9.17) is 0 Å². The molecule has 0 saturated carbocycles. The summed E-state index contributed by atoms with van der Waals surface area (Å²) in [6.45, 7) is 0. The lowest BCUT2D eigenvalue weighted by Gasteiger charge is -2.19. The molecular weight excluding hydrogens is 508 g/mol. The Labute approximate surface area is 243 Å². The van der Waals surface area contributed by atoms with Crippen LogP contribution in [0.1, 0.15) is 5.56 Å². The zero-order valence-corrected chi connectivity index (χ0v) is 22.8. The van der Waals surface area contributed by atoms with Gasteiger partial charge < -0.3 is 0 Å². The molecule has 42 heavy (non-hydrogen) atoms. The molecule has 0 aliphatic heterocycles. The average molecular weight is 533 g/mol. The van der Waals surface area contributed by atoms with Crippen molar-refractivity contribution < 1.29 is 0 Å². The quantitative estimate of drug-likeness (QED) is 0.212. The normalized spacial score (nSPS) is 11.3. The Bertz CT molecular complexity index is 2310. The van der Waals surface area contributed by atoms with Gasteiger partial charge in [0.2, 0.25) is 0 Å². The molecule has 2 heteroatoms. The van der Waals surface area contributed by atoms with E-state index in [1.54, 1.807) is 6.20 Å². The smallest absolute Gasteiger partial charge is 0.101 e. The van der Waals surface area contributed by atoms with Crippen LogP contribution in [-0.2, 0) is 0 Å². The Morgan fingerprint density at radius 1 is 0.429 bits per heavy atom. The summed E-state index contributed by atoms with van der Waals surface area (Å²) in [5.74, 6) is 0. The largest absolute Gasteiger partial charge is 0.263 e. The number of aromatic nitrogens is 1. The van der Waals surface area contributed by atoms with Gasteiger partial charge in [-0.2, -0.15) is 5.26 Å². The maximum absolute atomic E-state index is 9.31. The second-order valence-corrected chi connectivity index (χ2v) is 10.7. The van der Waals surface area contributed by atoms with E-state index in [2.05, 4.69) is 138 Å². The molecule has 1 heterocycles. The van der Waals surface area contributed by atoms with Crippen molar-refractivity contribution in [3.05, 3.63) is 151 Å². The monoisotopic (exact) mass is 532 g/mol. The van der Waals surface area contributed by atoms with Gasteiger partial charge in [0.15, 0.2) is 0 Å². The molecule has 7 aromatic carbocycles. The molecule has 0 bridgehead atoms. The summed E-state index contributed by atoms with van der Waals surface area (Å²) in [5, 5.41) is 19.1. The Hall–Kier alpha value is -5.78. The number of hydrogen-bond donors (Lipinski definition) is 0. The molecule has 0 spiro atoms. The molecular formula is C40H24N2. The Morgan fingerprint density at radius 2 is 1.00 bits per heavy atom. The van der Waals surface area contributed by atoms with Crippen LogP contribution in [0.15, 0.2) is 146 Å². The Kier molecular flexibility index (Phi) is 5.55. The third-order valence-corrected chi connectivity index (χ3v) is 8.32. The fourth-order valence-electron chi connectivity index (χ4n) is 6.41. The van der Waals surface area contributed by atoms with Crippen LogP contribution in [0.3, 0.4) is 0 Å². The van der Waals surface area contributed by atoms with Gasteiger partial charge in [0.25, 0.3) is 0 Å². The lowest BCUT2D eigenvalue weighted by atomic mass is 9.84. The van der Waals surface area contributed by atoms with Gasteiger partial charge in [-0.05, 0) is 89.1 Å². The summed E-state index contributed by atoms with van der Waals surface area (Å²) in [6, 6.07) is 50.2. The molecule has 1 aromatic heterocycles. The van der Waals surface area contributed by atoms with Crippen LogP contribution >= 0.6 is 0 Å². The van der Waals surface area contributed by atoms with E-state index in [0.717, 1.165) is 16.5 Å². The van der Waals surface area contributed by atoms with Crippen molar-refractivity contribution >= 4 is 43.1 Å². The van der Waals surface area contributed by atoms with Gasteiger partial charge in [-0.15, -0.1) is 0 Å². The van der Waals surface area contributed by atoms with Gasteiger partial charge in [0, 0.05) is 18.0 Å². The number of rotatable bonds is 3. The van der Waals surface area contributed by atoms with Crippen molar-refractivity contribution in [1.29, 1.82) is 5.26 Å². The fourth-order valence-corrected chi connectivity index (χ4v) is 6.41. The summed E-state index contributed by atoms with van der Waals surface area (Å²) >= 11 is 0. The standard InChI is InChI=1S/C40H24N2/c41-23-26-20-32(25-42-24-26)30-17-16-29-22-31(19-18-28(29)21-30)39-35-11-3-5-13-37(35)40(38-14-6-4-12-36(38)39)34-15-7-9-27-8-1-2-10-33(27)34/h1-22,24-25H. The minimum Gasteiger partial charge on any atom is -0.263 e. The average Bonchev–Trinajstić information content (AvgIpc) is 3.06. The molecule has 0 atom stereocenters. The molecule has 0 aliphatic rings. The molecule has 8 rings (SSSR count). The molecule has 0 fully saturated rings. The lowest BCUT2D eigenvalue weighted by Crippen LogP contribution is -1.91. The summed E-state index contributed by atoms with van der Waals surface area (Å²) in [6.07, 6.45) is 3.41. The highest BCUT2D eigenvalue weighted by Crippen LogP contribution is 2.45. The number of nitrogens with zero attached hydrogens (tertiary/aromatic N) is 2. The van der Waals surface area contributed by atoms with Crippen LogP contribution in [0.4, 0.5) is 0 Å². The minimum atomic E-state index is 0.564. The zero-order valence-electron chi connectivity index (χ0n) is 22.8. The molecule has 0 amide bonds. The van der Waals surface area contributed by atoms with Gasteiger partial charge >= 0.3 is 0 Å². The van der Waals surface area contributed by atoms with Gasteiger partial charge in [-0.1, -0.05) is 115 Å². The maximum Gasteiger partial charge on any atom is 0.101 e. The van der Waals surface area contributed by atoms with E-state index in [9.17, 15) is 5.26 Å². The van der Waals surface area contributed by atoms with Crippen LogP contribution in [0.2, 0.25) is 0 Å². The van der Waals surface area contributed by atoms with Crippen molar-refractivity contribution in [1.82, 2.24) is 4.98 Å². The summed E-state index contributed by atoms with van der Waals surface area (Å²) in [4.78, 5) is 4.25. The van der Waals surface area contributed by atoms with E-state index in [0.29, 0.717) is 5.56 Å². The highest BCUT2D eigenvalue weighted by atomic mass is 14.6. The van der Waals surface area contributed by atoms with Crippen LogP contribution in [-0.4, -0.2) is 4.98 Å². The maximum atomic E-state index is 9.31. The Morgan fingerprint density at radius 3 is 1.69 bits per heavy atom. The first-order chi connectivity index (χ1) is 20.8. The third-order valence-electron chi connectivity index (χ3n) is 8.32. The first-order valence-electron chi connectivity index (χ1n) is 14.1. The predicted molar refractivity (Wildman–Crippen MR) is 175 cm³/mol. The number of nitriles is 1. The molecule has 0 aliphatic carbocycles. The van der Waals surface area contributed by atoms with Gasteiger partial charge in [0.1, 0.15) is 6.07 Å². The number of hydrogen-bond acceptors (Lipinski definition) is 2. The van der Waals surface area contributed by atoms with Crippen LogP contribution in [0.5, 0.6) is 0 Å². The zero-order chi connectivity index (χ0) is 28.0. The molecule has 0 unspecified atom stereocenters. The first kappa shape index (κ1) is 24.1. The molecule has 0 radical (unpaired) electrons. The van der Waals surface area contributed by atoms with Crippen molar-refractivity contribution in [2.45, 2.75) is 0 Å². The fraction of sp³-hybridized carbons (Fsp3) is 0. The molecule has 2 nitrogen and oxygen atoms in total. The Balaban J connectivity index is 1.37. The van der Waals surface area contributed by atoms with Crippen molar-refractivity contribution in [3.8, 4) is 39.4 Å². The SMILES string of the molecule is N#Cc1cncc(-c2ccc3cc(-c4c5ccccc5c(-c5cccc6ccccc56)c5ccccc45)ccc3c2)c1. The van der Waals surface area contributed by atoms with Gasteiger partial charge in [-0.25, -0.2) is 0 Å². The van der Waals surface area contributed by atoms with Gasteiger partial charge in [0.05, 0.1) is 5.56 Å². The topological polar surface area (TPSA) is 36.7 Å². The summed E-state index contributed by atoms with van der Waals surface area (Å²) in [5.41, 5.74) is 7.54. The van der Waals surface area contributed by atoms with E-state index >= 15 is 0 Å². The van der Waals surface area contributed by atoms with E-state index in [1.807, 2.05) is 12.3 Å². The summed E-state index contributed by atoms with van der Waals surface area (Å²) in [7, 11) is 0. The van der Waals surface area contributed by atoms with Crippen LogP contribution in [0.25, 0.3) is 76.5 Å². The highest BCUT2D eigenvalue weighted by molar-refractivity contribution is 6.23. The number of benzene rings is 7. The van der Waals surface area contributed by atoms with Crippen LogP contribution < -0.4 is 0 Å². The van der Waals surface area contributed by atoms with Crippen LogP contribution in [0, 0.1) is 11.3 Å². The van der Waals surface area contributed by atoms with E-state index < -0.39 is 0 Å². The van der Waals surface area contributed by atoms with Crippen molar-refractivity contribution in [2.24, 2.45) is 0 Å². The van der Waals surface area contributed by atoms with E-state index in [-0.39, 0.29) is 0 Å². The third kappa shape index (κ3) is 3.84. The highest BCUT2D eigenvalue weighted by Gasteiger charge is 2.18. The number of pyridine rings is 1. The van der Waals surface area contributed by atoms with Crippen molar-refractivity contribution in [3.63, 3.8) is 0 Å². The predicted octanol–water partition coefficient (Wildman–Crippen LogP) is 10.6. The lowest BCUT2D eigenvalue weighted by molar-refractivity contribution is 1.30. The van der Waals surface area contributed by atoms with E-state index in [1.165, 1.54) is 60.0 Å². The summed E-state index contributed by atoms with van der Waals surface area (Å²) < 4.78 is 0.